The molecule has 0 radical (unpaired) electrons. The van der Waals surface area contributed by atoms with E-state index in [4.69, 9.17) is 10.4 Å². The summed E-state index contributed by atoms with van der Waals surface area (Å²) in [6.07, 6.45) is -0.156. The number of nitro benzene ring substituents is 1. The molecule has 94 valence electrons. The van der Waals surface area contributed by atoms with Gasteiger partial charge in [-0.1, -0.05) is 0 Å². The molecule has 2 N–H and O–H groups in total. The van der Waals surface area contributed by atoms with Crippen molar-refractivity contribution in [2.45, 2.75) is 19.4 Å². The summed E-state index contributed by atoms with van der Waals surface area (Å²) in [4.78, 5) is 20.7. The number of carboxylic acids is 1. The van der Waals surface area contributed by atoms with E-state index < -0.39 is 16.9 Å². The molecule has 0 aliphatic carbocycles. The third-order valence-electron chi connectivity index (χ3n) is 2.21. The Morgan fingerprint density at radius 2 is 2.33 bits per heavy atom. The monoisotopic (exact) mass is 249 g/mol. The van der Waals surface area contributed by atoms with Crippen LogP contribution in [0, 0.1) is 21.4 Å². The lowest BCUT2D eigenvalue weighted by atomic mass is 10.1. The third kappa shape index (κ3) is 3.45. The van der Waals surface area contributed by atoms with Crippen molar-refractivity contribution in [2.75, 3.05) is 5.32 Å². The van der Waals surface area contributed by atoms with Gasteiger partial charge in [0.15, 0.2) is 0 Å². The molecule has 0 saturated carbocycles. The molecule has 0 spiro atoms. The normalized spacial score (nSPS) is 11.3. The number of anilines is 1. The van der Waals surface area contributed by atoms with Gasteiger partial charge < -0.3 is 10.4 Å². The van der Waals surface area contributed by atoms with Gasteiger partial charge >= 0.3 is 5.97 Å². The maximum Gasteiger partial charge on any atom is 0.305 e. The fourth-order valence-electron chi connectivity index (χ4n) is 1.45. The Labute approximate surface area is 103 Å². The summed E-state index contributed by atoms with van der Waals surface area (Å²) in [7, 11) is 0. The first kappa shape index (κ1) is 13.4. The molecule has 0 aliphatic heterocycles. The Hall–Kier alpha value is -2.62. The number of carbonyl (C=O) groups is 1. The minimum absolute atomic E-state index is 0.156. The second kappa shape index (κ2) is 5.63. The van der Waals surface area contributed by atoms with Gasteiger partial charge in [-0.25, -0.2) is 0 Å². The minimum atomic E-state index is -0.994. The highest BCUT2D eigenvalue weighted by Crippen LogP contribution is 2.26. The minimum Gasteiger partial charge on any atom is -0.481 e. The molecule has 0 aliphatic rings. The molecule has 0 saturated heterocycles. The Morgan fingerprint density at radius 3 is 2.83 bits per heavy atom. The van der Waals surface area contributed by atoms with Crippen LogP contribution in [0.1, 0.15) is 18.9 Å². The summed E-state index contributed by atoms with van der Waals surface area (Å²) in [5, 5.41) is 30.8. The third-order valence-corrected chi connectivity index (χ3v) is 2.21. The first-order chi connectivity index (χ1) is 8.43. The summed E-state index contributed by atoms with van der Waals surface area (Å²) < 4.78 is 0. The van der Waals surface area contributed by atoms with Crippen LogP contribution in [0.25, 0.3) is 0 Å². The van der Waals surface area contributed by atoms with Gasteiger partial charge in [0.1, 0.15) is 5.69 Å². The molecule has 0 heterocycles. The highest BCUT2D eigenvalue weighted by Gasteiger charge is 2.17. The van der Waals surface area contributed by atoms with Gasteiger partial charge in [0.05, 0.1) is 23.0 Å². The predicted molar refractivity (Wildman–Crippen MR) is 63.1 cm³/mol. The smallest absolute Gasteiger partial charge is 0.305 e. The zero-order chi connectivity index (χ0) is 13.7. The quantitative estimate of drug-likeness (QED) is 0.606. The van der Waals surface area contributed by atoms with Crippen molar-refractivity contribution in [3.63, 3.8) is 0 Å². The van der Waals surface area contributed by atoms with Crippen LogP contribution < -0.4 is 5.32 Å². The number of nitriles is 1. The van der Waals surface area contributed by atoms with E-state index in [1.807, 2.05) is 6.07 Å². The average Bonchev–Trinajstić information content (AvgIpc) is 2.28. The van der Waals surface area contributed by atoms with Gasteiger partial charge in [0, 0.05) is 12.1 Å². The predicted octanol–water partition coefficient (Wildman–Crippen LogP) is 1.74. The van der Waals surface area contributed by atoms with E-state index in [0.29, 0.717) is 0 Å². The van der Waals surface area contributed by atoms with Crippen LogP contribution in [0.4, 0.5) is 11.4 Å². The fourth-order valence-corrected chi connectivity index (χ4v) is 1.45. The molecular formula is C11H11N3O4. The van der Waals surface area contributed by atoms with E-state index in [2.05, 4.69) is 5.32 Å². The molecule has 0 fully saturated rings. The maximum absolute atomic E-state index is 10.8. The van der Waals surface area contributed by atoms with E-state index >= 15 is 0 Å². The van der Waals surface area contributed by atoms with Crippen molar-refractivity contribution >= 4 is 17.3 Å². The zero-order valence-electron chi connectivity index (χ0n) is 9.58. The number of carboxylic acid groups (broad SMARTS) is 1. The van der Waals surface area contributed by atoms with Gasteiger partial charge in [0.25, 0.3) is 5.69 Å². The van der Waals surface area contributed by atoms with Gasteiger partial charge in [-0.3, -0.25) is 14.9 Å². The lowest BCUT2D eigenvalue weighted by Gasteiger charge is -2.13. The van der Waals surface area contributed by atoms with Crippen LogP contribution in [0.2, 0.25) is 0 Å². The van der Waals surface area contributed by atoms with Crippen LogP contribution in [0.15, 0.2) is 18.2 Å². The molecule has 1 aromatic rings. The number of hydrogen-bond donors (Lipinski definition) is 2. The summed E-state index contributed by atoms with van der Waals surface area (Å²) in [5.74, 6) is -0.994. The highest BCUT2D eigenvalue weighted by molar-refractivity contribution is 5.69. The molecule has 7 heteroatoms. The maximum atomic E-state index is 10.8. The Bertz CT molecular complexity index is 522. The number of nitrogens with zero attached hydrogens (tertiary/aromatic N) is 2. The molecule has 1 unspecified atom stereocenters. The largest absolute Gasteiger partial charge is 0.481 e. The van der Waals surface area contributed by atoms with E-state index in [1.165, 1.54) is 12.1 Å². The second-order valence-electron chi connectivity index (χ2n) is 3.74. The van der Waals surface area contributed by atoms with E-state index in [1.54, 1.807) is 6.92 Å². The Kier molecular flexibility index (Phi) is 4.21. The standard InChI is InChI=1S/C11H11N3O4/c1-7(4-11(15)16)13-9-3-2-8(6-12)5-10(9)14(17)18/h2-3,5,7,13H,4H2,1H3,(H,15,16). The number of rotatable bonds is 5. The summed E-state index contributed by atoms with van der Waals surface area (Å²) >= 11 is 0. The van der Waals surface area contributed by atoms with Gasteiger partial charge in [-0.05, 0) is 19.1 Å². The highest BCUT2D eigenvalue weighted by atomic mass is 16.6. The number of aliphatic carboxylic acids is 1. The van der Waals surface area contributed by atoms with Crippen molar-refractivity contribution in [1.29, 1.82) is 5.26 Å². The van der Waals surface area contributed by atoms with Crippen molar-refractivity contribution in [1.82, 2.24) is 0 Å². The number of nitro groups is 1. The summed E-state index contributed by atoms with van der Waals surface area (Å²) in [6.45, 7) is 1.61. The van der Waals surface area contributed by atoms with Gasteiger partial charge in [-0.2, -0.15) is 5.26 Å². The van der Waals surface area contributed by atoms with Crippen LogP contribution in [0.3, 0.4) is 0 Å². The SMILES string of the molecule is CC(CC(=O)O)Nc1ccc(C#N)cc1[N+](=O)[O-]. The zero-order valence-corrected chi connectivity index (χ0v) is 9.58. The molecule has 18 heavy (non-hydrogen) atoms. The van der Waals surface area contributed by atoms with E-state index in [9.17, 15) is 14.9 Å². The second-order valence-corrected chi connectivity index (χ2v) is 3.74. The number of nitrogens with one attached hydrogen (secondary N) is 1. The first-order valence-electron chi connectivity index (χ1n) is 5.11. The Balaban J connectivity index is 2.98. The van der Waals surface area contributed by atoms with Gasteiger partial charge in [0.2, 0.25) is 0 Å². The van der Waals surface area contributed by atoms with Crippen LogP contribution in [-0.4, -0.2) is 22.0 Å². The summed E-state index contributed by atoms with van der Waals surface area (Å²) in [5.41, 5.74) is 0.136. The van der Waals surface area contributed by atoms with E-state index in [-0.39, 0.29) is 23.4 Å². The molecule has 0 aromatic heterocycles. The first-order valence-corrected chi connectivity index (χ1v) is 5.11. The van der Waals surface area contributed by atoms with Crippen molar-refractivity contribution in [3.05, 3.63) is 33.9 Å². The lowest BCUT2D eigenvalue weighted by molar-refractivity contribution is -0.384. The molecule has 1 atom stereocenters. The van der Waals surface area contributed by atoms with Crippen LogP contribution >= 0.6 is 0 Å². The van der Waals surface area contributed by atoms with Crippen molar-refractivity contribution < 1.29 is 14.8 Å². The molecule has 0 bridgehead atoms. The average molecular weight is 249 g/mol. The topological polar surface area (TPSA) is 116 Å². The molecular weight excluding hydrogens is 238 g/mol. The Morgan fingerprint density at radius 1 is 1.67 bits per heavy atom. The summed E-state index contributed by atoms with van der Waals surface area (Å²) in [6, 6.07) is 5.34. The fraction of sp³-hybridized carbons (Fsp3) is 0.273. The van der Waals surface area contributed by atoms with Crippen LogP contribution in [0.5, 0.6) is 0 Å². The molecule has 0 amide bonds. The van der Waals surface area contributed by atoms with Crippen LogP contribution in [-0.2, 0) is 4.79 Å². The number of hydrogen-bond acceptors (Lipinski definition) is 5. The molecule has 7 nitrogen and oxygen atoms in total. The molecule has 1 rings (SSSR count). The van der Waals surface area contributed by atoms with Crippen molar-refractivity contribution in [2.24, 2.45) is 0 Å². The van der Waals surface area contributed by atoms with Crippen molar-refractivity contribution in [3.8, 4) is 6.07 Å². The number of benzene rings is 1. The van der Waals surface area contributed by atoms with E-state index in [0.717, 1.165) is 6.07 Å². The van der Waals surface area contributed by atoms with Gasteiger partial charge in [-0.15, -0.1) is 0 Å². The lowest BCUT2D eigenvalue weighted by Crippen LogP contribution is -2.19. The molecule has 1 aromatic carbocycles.